The summed E-state index contributed by atoms with van der Waals surface area (Å²) in [7, 11) is 3.19. The second-order valence-electron chi connectivity index (χ2n) is 6.27. The van der Waals surface area contributed by atoms with Crippen LogP contribution in [0, 0.1) is 17.0 Å². The maximum atomic E-state index is 11.5. The summed E-state index contributed by atoms with van der Waals surface area (Å²) in [6.07, 6.45) is 2.69. The molecule has 144 valence electrons. The molecule has 0 bridgehead atoms. The van der Waals surface area contributed by atoms with Crippen molar-refractivity contribution in [2.75, 3.05) is 12.4 Å². The third kappa shape index (κ3) is 3.85. The number of hydrogen-bond donors (Lipinski definition) is 1. The lowest BCUT2D eigenvalue weighted by Gasteiger charge is -2.08. The summed E-state index contributed by atoms with van der Waals surface area (Å²) in [5, 5.41) is 14.6. The number of aromatic nitrogens is 2. The molecule has 28 heavy (non-hydrogen) atoms. The van der Waals surface area contributed by atoms with Gasteiger partial charge in [0.2, 0.25) is 0 Å². The van der Waals surface area contributed by atoms with Gasteiger partial charge in [-0.3, -0.25) is 10.1 Å². The van der Waals surface area contributed by atoms with Crippen molar-refractivity contribution in [3.8, 4) is 0 Å². The molecule has 3 rings (SSSR count). The van der Waals surface area contributed by atoms with E-state index in [-0.39, 0.29) is 5.69 Å². The first-order chi connectivity index (χ1) is 13.4. The summed E-state index contributed by atoms with van der Waals surface area (Å²) in [6.45, 7) is 2.36. The summed E-state index contributed by atoms with van der Waals surface area (Å²) in [4.78, 5) is 26.8. The molecule has 3 aromatic rings. The summed E-state index contributed by atoms with van der Waals surface area (Å²) >= 11 is 0. The Labute approximate surface area is 161 Å². The monoisotopic (exact) mass is 380 g/mol. The molecule has 0 saturated carbocycles. The van der Waals surface area contributed by atoms with Crippen LogP contribution in [0.5, 0.6) is 0 Å². The number of benzene rings is 2. The van der Waals surface area contributed by atoms with Gasteiger partial charge in [-0.05, 0) is 36.3 Å². The second kappa shape index (κ2) is 7.91. The van der Waals surface area contributed by atoms with Crippen LogP contribution in [0.25, 0.3) is 17.1 Å². The van der Waals surface area contributed by atoms with Crippen molar-refractivity contribution < 1.29 is 14.5 Å². The molecule has 0 spiro atoms. The molecule has 8 heteroatoms. The zero-order valence-corrected chi connectivity index (χ0v) is 15.8. The molecule has 0 aliphatic rings. The van der Waals surface area contributed by atoms with Gasteiger partial charge in [-0.25, -0.2) is 9.78 Å². The van der Waals surface area contributed by atoms with Crippen LogP contribution < -0.4 is 5.32 Å². The van der Waals surface area contributed by atoms with Crippen molar-refractivity contribution in [2.45, 2.75) is 13.5 Å². The van der Waals surface area contributed by atoms with Crippen LogP contribution in [0.1, 0.15) is 17.0 Å². The van der Waals surface area contributed by atoms with Crippen molar-refractivity contribution in [1.82, 2.24) is 9.55 Å². The fraction of sp³-hybridized carbons (Fsp3) is 0.200. The number of ether oxygens (including phenoxy) is 1. The van der Waals surface area contributed by atoms with Gasteiger partial charge >= 0.3 is 5.97 Å². The predicted molar refractivity (Wildman–Crippen MR) is 107 cm³/mol. The number of hydrogen-bond acceptors (Lipinski definition) is 6. The Morgan fingerprint density at radius 3 is 2.82 bits per heavy atom. The fourth-order valence-corrected chi connectivity index (χ4v) is 3.03. The van der Waals surface area contributed by atoms with Gasteiger partial charge < -0.3 is 14.6 Å². The zero-order chi connectivity index (χ0) is 20.3. The lowest BCUT2D eigenvalue weighted by atomic mass is 10.1. The van der Waals surface area contributed by atoms with Crippen LogP contribution in [0.15, 0.2) is 42.5 Å². The second-order valence-corrected chi connectivity index (χ2v) is 6.27. The average Bonchev–Trinajstić information content (AvgIpc) is 3.01. The molecule has 0 fully saturated rings. The SMILES string of the molecule is COC(=O)/C=C/c1ccc(NCc2nc3cccc(C)c3n2C)c([N+](=O)[O-])c1. The van der Waals surface area contributed by atoms with Crippen LogP contribution >= 0.6 is 0 Å². The minimum atomic E-state index is -0.526. The van der Waals surface area contributed by atoms with Crippen LogP contribution in [0.4, 0.5) is 11.4 Å². The summed E-state index contributed by atoms with van der Waals surface area (Å²) in [6, 6.07) is 10.6. The number of carbonyl (C=O) groups excluding carboxylic acids is 1. The number of nitrogens with zero attached hydrogens (tertiary/aromatic N) is 3. The molecule has 0 unspecified atom stereocenters. The molecule has 1 N–H and O–H groups in total. The van der Waals surface area contributed by atoms with Crippen LogP contribution in [0.3, 0.4) is 0 Å². The highest BCUT2D eigenvalue weighted by Crippen LogP contribution is 2.27. The van der Waals surface area contributed by atoms with Gasteiger partial charge in [0, 0.05) is 19.2 Å². The predicted octanol–water partition coefficient (Wildman–Crippen LogP) is 3.59. The first kappa shape index (κ1) is 19.1. The molecule has 0 atom stereocenters. The third-order valence-electron chi connectivity index (χ3n) is 4.46. The van der Waals surface area contributed by atoms with Crippen LogP contribution in [-0.2, 0) is 23.1 Å². The number of nitro groups is 1. The van der Waals surface area contributed by atoms with E-state index in [9.17, 15) is 14.9 Å². The molecule has 8 nitrogen and oxygen atoms in total. The van der Waals surface area contributed by atoms with Gasteiger partial charge in [0.1, 0.15) is 11.5 Å². The molecule has 0 saturated heterocycles. The van der Waals surface area contributed by atoms with Gasteiger partial charge in [0.15, 0.2) is 0 Å². The van der Waals surface area contributed by atoms with Gasteiger partial charge in [-0.2, -0.15) is 0 Å². The number of esters is 1. The summed E-state index contributed by atoms with van der Waals surface area (Å²) in [5.74, 6) is 0.246. The van der Waals surface area contributed by atoms with Crippen molar-refractivity contribution in [1.29, 1.82) is 0 Å². The van der Waals surface area contributed by atoms with Crippen molar-refractivity contribution in [3.63, 3.8) is 0 Å². The molecule has 0 aliphatic heterocycles. The highest BCUT2D eigenvalue weighted by atomic mass is 16.6. The number of carbonyl (C=O) groups is 1. The van der Waals surface area contributed by atoms with E-state index in [1.165, 1.54) is 25.3 Å². The Hall–Kier alpha value is -3.68. The van der Waals surface area contributed by atoms with E-state index in [1.54, 1.807) is 12.1 Å². The average molecular weight is 380 g/mol. The molecule has 1 aromatic heterocycles. The first-order valence-electron chi connectivity index (χ1n) is 8.60. The Balaban J connectivity index is 1.85. The minimum absolute atomic E-state index is 0.0815. The third-order valence-corrected chi connectivity index (χ3v) is 4.46. The minimum Gasteiger partial charge on any atom is -0.466 e. The Bertz CT molecular complexity index is 1090. The number of methoxy groups -OCH3 is 1. The van der Waals surface area contributed by atoms with Gasteiger partial charge in [-0.15, -0.1) is 0 Å². The van der Waals surface area contributed by atoms with E-state index in [2.05, 4.69) is 15.0 Å². The molecule has 1 heterocycles. The lowest BCUT2D eigenvalue weighted by Crippen LogP contribution is -2.07. The highest BCUT2D eigenvalue weighted by molar-refractivity contribution is 5.87. The Morgan fingerprint density at radius 2 is 2.14 bits per heavy atom. The number of aryl methyl sites for hydroxylation is 2. The van der Waals surface area contributed by atoms with E-state index in [4.69, 9.17) is 0 Å². The zero-order valence-electron chi connectivity index (χ0n) is 15.8. The lowest BCUT2D eigenvalue weighted by molar-refractivity contribution is -0.384. The van der Waals surface area contributed by atoms with Gasteiger partial charge in [0.25, 0.3) is 5.69 Å². The molecule has 0 radical (unpaired) electrons. The van der Waals surface area contributed by atoms with E-state index < -0.39 is 10.9 Å². The first-order valence-corrected chi connectivity index (χ1v) is 8.60. The number of fused-ring (bicyclic) bond motifs is 1. The number of anilines is 1. The van der Waals surface area contributed by atoms with E-state index in [1.807, 2.05) is 36.7 Å². The van der Waals surface area contributed by atoms with Crippen LogP contribution in [-0.4, -0.2) is 27.6 Å². The number of para-hydroxylation sites is 1. The topological polar surface area (TPSA) is 99.3 Å². The molecule has 0 amide bonds. The van der Waals surface area contributed by atoms with Gasteiger partial charge in [0.05, 0.1) is 29.6 Å². The van der Waals surface area contributed by atoms with Crippen molar-refractivity contribution in [3.05, 3.63) is 69.5 Å². The fourth-order valence-electron chi connectivity index (χ4n) is 3.03. The Kier molecular flexibility index (Phi) is 5.39. The summed E-state index contributed by atoms with van der Waals surface area (Å²) in [5.41, 5.74) is 3.87. The normalized spacial score (nSPS) is 11.1. The number of nitrogens with one attached hydrogen (secondary N) is 1. The highest BCUT2D eigenvalue weighted by Gasteiger charge is 2.16. The molecule has 0 aliphatic carbocycles. The van der Waals surface area contributed by atoms with E-state index in [0.29, 0.717) is 17.8 Å². The number of rotatable bonds is 6. The Morgan fingerprint density at radius 1 is 1.36 bits per heavy atom. The van der Waals surface area contributed by atoms with E-state index >= 15 is 0 Å². The molecule has 2 aromatic carbocycles. The van der Waals surface area contributed by atoms with Crippen LogP contribution in [0.2, 0.25) is 0 Å². The van der Waals surface area contributed by atoms with Crippen molar-refractivity contribution in [2.24, 2.45) is 7.05 Å². The number of imidazole rings is 1. The van der Waals surface area contributed by atoms with Gasteiger partial charge in [-0.1, -0.05) is 18.2 Å². The van der Waals surface area contributed by atoms with Crippen molar-refractivity contribution >= 4 is 34.5 Å². The quantitative estimate of drug-likeness (QED) is 0.304. The smallest absolute Gasteiger partial charge is 0.330 e. The van der Waals surface area contributed by atoms with E-state index in [0.717, 1.165) is 22.4 Å². The molecular weight excluding hydrogens is 360 g/mol. The maximum Gasteiger partial charge on any atom is 0.330 e. The summed E-state index contributed by atoms with van der Waals surface area (Å²) < 4.78 is 6.51. The standard InChI is InChI=1S/C20H20N4O4/c1-13-5-4-6-16-20(13)23(2)18(22-16)12-21-15-9-7-14(8-10-19(25)28-3)11-17(15)24(26)27/h4-11,21H,12H2,1-3H3/b10-8+. The largest absolute Gasteiger partial charge is 0.466 e. The molecular formula is C20H20N4O4. The number of nitro benzene ring substituents is 1. The maximum absolute atomic E-state index is 11.5.